The number of halogens is 3. The number of hydrogen-bond acceptors (Lipinski definition) is 3. The van der Waals surface area contributed by atoms with E-state index in [9.17, 15) is 14.4 Å². The van der Waals surface area contributed by atoms with Crippen molar-refractivity contribution in [2.75, 3.05) is 29.2 Å². The highest BCUT2D eigenvalue weighted by molar-refractivity contribution is 14.1. The number of benzene rings is 2. The third-order valence-electron chi connectivity index (χ3n) is 4.14. The number of hydrogen-bond donors (Lipinski definition) is 1. The summed E-state index contributed by atoms with van der Waals surface area (Å²) in [6.07, 6.45) is 0. The standard InChI is InChI=1S/C19H18I3N3O3/c1-10(26)24(3)17-14(20)13(19(28)23-12-8-6-5-7-9-12)15(21)18(16(17)22)25(4)11(2)27/h5-9H,1-4H3,(H,23,28). The lowest BCUT2D eigenvalue weighted by atomic mass is 10.1. The van der Waals surface area contributed by atoms with Gasteiger partial charge in [-0.2, -0.15) is 0 Å². The van der Waals surface area contributed by atoms with Gasteiger partial charge < -0.3 is 15.1 Å². The van der Waals surface area contributed by atoms with Gasteiger partial charge in [0.15, 0.2) is 0 Å². The lowest BCUT2D eigenvalue weighted by molar-refractivity contribution is -0.117. The first kappa shape index (κ1) is 23.3. The summed E-state index contributed by atoms with van der Waals surface area (Å²) in [7, 11) is 3.32. The Bertz CT molecular complexity index is 901. The maximum absolute atomic E-state index is 13.1. The summed E-state index contributed by atoms with van der Waals surface area (Å²) >= 11 is 6.30. The topological polar surface area (TPSA) is 69.7 Å². The molecule has 0 aliphatic rings. The van der Waals surface area contributed by atoms with E-state index in [0.29, 0.717) is 29.8 Å². The van der Waals surface area contributed by atoms with Gasteiger partial charge in [0.1, 0.15) is 0 Å². The third-order valence-corrected chi connectivity index (χ3v) is 7.27. The van der Waals surface area contributed by atoms with Crippen LogP contribution in [0.1, 0.15) is 24.2 Å². The molecule has 9 heteroatoms. The van der Waals surface area contributed by atoms with Gasteiger partial charge in [-0.15, -0.1) is 0 Å². The van der Waals surface area contributed by atoms with Crippen LogP contribution in [0.15, 0.2) is 30.3 Å². The minimum absolute atomic E-state index is 0.164. The van der Waals surface area contributed by atoms with Gasteiger partial charge in [0.25, 0.3) is 5.91 Å². The Morgan fingerprint density at radius 3 is 1.61 bits per heavy atom. The van der Waals surface area contributed by atoms with Crippen molar-refractivity contribution in [3.8, 4) is 0 Å². The van der Waals surface area contributed by atoms with Crippen LogP contribution in [0.5, 0.6) is 0 Å². The summed E-state index contributed by atoms with van der Waals surface area (Å²) in [5.74, 6) is -0.626. The van der Waals surface area contributed by atoms with Crippen LogP contribution in [0.25, 0.3) is 0 Å². The average Bonchev–Trinajstić information content (AvgIpc) is 2.61. The number of amides is 3. The van der Waals surface area contributed by atoms with Crippen molar-refractivity contribution in [1.82, 2.24) is 0 Å². The molecular formula is C19H18I3N3O3. The fraction of sp³-hybridized carbons (Fsp3) is 0.211. The maximum atomic E-state index is 13.1. The molecule has 0 aromatic heterocycles. The Hall–Kier alpha value is -0.960. The summed E-state index contributed by atoms with van der Waals surface area (Å²) in [6, 6.07) is 9.14. The van der Waals surface area contributed by atoms with Gasteiger partial charge in [-0.3, -0.25) is 14.4 Å². The minimum atomic E-state index is -0.298. The van der Waals surface area contributed by atoms with Crippen molar-refractivity contribution in [3.63, 3.8) is 0 Å². The Morgan fingerprint density at radius 1 is 0.786 bits per heavy atom. The zero-order chi connectivity index (χ0) is 21.2. The molecule has 3 amide bonds. The SMILES string of the molecule is CC(=O)N(C)c1c(I)c(C(=O)Nc2ccccc2)c(I)c(N(C)C(C)=O)c1I. The van der Waals surface area contributed by atoms with Crippen molar-refractivity contribution in [2.24, 2.45) is 0 Å². The second-order valence-electron chi connectivity index (χ2n) is 5.99. The van der Waals surface area contributed by atoms with E-state index in [0.717, 1.165) is 3.57 Å². The summed E-state index contributed by atoms with van der Waals surface area (Å²) in [5.41, 5.74) is 2.31. The van der Waals surface area contributed by atoms with Crippen LogP contribution in [0.3, 0.4) is 0 Å². The van der Waals surface area contributed by atoms with Crippen molar-refractivity contribution in [3.05, 3.63) is 46.6 Å². The van der Waals surface area contributed by atoms with Crippen molar-refractivity contribution in [2.45, 2.75) is 13.8 Å². The van der Waals surface area contributed by atoms with Gasteiger partial charge in [0, 0.05) is 33.6 Å². The first-order valence-corrected chi connectivity index (χ1v) is 11.4. The molecule has 0 spiro atoms. The van der Waals surface area contributed by atoms with E-state index >= 15 is 0 Å². The first-order valence-electron chi connectivity index (χ1n) is 8.13. The smallest absolute Gasteiger partial charge is 0.257 e. The average molecular weight is 717 g/mol. The first-order chi connectivity index (χ1) is 13.1. The van der Waals surface area contributed by atoms with Crippen molar-refractivity contribution < 1.29 is 14.4 Å². The molecular weight excluding hydrogens is 699 g/mol. The molecule has 0 unspecified atom stereocenters. The van der Waals surface area contributed by atoms with Crippen LogP contribution in [0, 0.1) is 10.7 Å². The molecule has 28 heavy (non-hydrogen) atoms. The summed E-state index contributed by atoms with van der Waals surface area (Å²) in [5, 5.41) is 2.89. The van der Waals surface area contributed by atoms with Crippen molar-refractivity contribution >= 4 is 103 Å². The zero-order valence-corrected chi connectivity index (χ0v) is 22.1. The molecule has 0 aliphatic heterocycles. The molecule has 0 radical (unpaired) electrons. The van der Waals surface area contributed by atoms with Gasteiger partial charge in [-0.25, -0.2) is 0 Å². The van der Waals surface area contributed by atoms with E-state index in [1.807, 2.05) is 18.2 Å². The largest absolute Gasteiger partial charge is 0.322 e. The highest BCUT2D eigenvalue weighted by Crippen LogP contribution is 2.42. The molecule has 0 atom stereocenters. The minimum Gasteiger partial charge on any atom is -0.322 e. The van der Waals surface area contributed by atoms with Crippen LogP contribution in [0.4, 0.5) is 17.1 Å². The van der Waals surface area contributed by atoms with Gasteiger partial charge >= 0.3 is 0 Å². The summed E-state index contributed by atoms with van der Waals surface area (Å²) in [4.78, 5) is 40.2. The molecule has 0 fully saturated rings. The molecule has 0 saturated carbocycles. The zero-order valence-electron chi connectivity index (χ0n) is 15.6. The quantitative estimate of drug-likeness (QED) is 0.466. The molecule has 0 saturated heterocycles. The van der Waals surface area contributed by atoms with Gasteiger partial charge in [0.05, 0.1) is 27.6 Å². The molecule has 0 bridgehead atoms. The molecule has 1 N–H and O–H groups in total. The second-order valence-corrected chi connectivity index (χ2v) is 9.23. The monoisotopic (exact) mass is 717 g/mol. The Balaban J connectivity index is 2.74. The van der Waals surface area contributed by atoms with E-state index in [1.54, 1.807) is 26.2 Å². The number of nitrogens with one attached hydrogen (secondary N) is 1. The number of anilines is 3. The Labute approximate surface area is 204 Å². The van der Waals surface area contributed by atoms with Gasteiger partial charge in [-0.05, 0) is 79.9 Å². The van der Waals surface area contributed by atoms with Crippen LogP contribution < -0.4 is 15.1 Å². The third kappa shape index (κ3) is 4.78. The maximum Gasteiger partial charge on any atom is 0.257 e. The highest BCUT2D eigenvalue weighted by atomic mass is 127. The van der Waals surface area contributed by atoms with Crippen LogP contribution in [0.2, 0.25) is 0 Å². The Morgan fingerprint density at radius 2 is 1.21 bits per heavy atom. The van der Waals surface area contributed by atoms with E-state index < -0.39 is 0 Å². The predicted octanol–water partition coefficient (Wildman–Crippen LogP) is 4.72. The van der Waals surface area contributed by atoms with Crippen molar-refractivity contribution in [1.29, 1.82) is 0 Å². The van der Waals surface area contributed by atoms with E-state index in [-0.39, 0.29) is 17.7 Å². The predicted molar refractivity (Wildman–Crippen MR) is 137 cm³/mol. The van der Waals surface area contributed by atoms with E-state index in [2.05, 4.69) is 73.1 Å². The second kappa shape index (κ2) is 9.69. The molecule has 148 valence electrons. The van der Waals surface area contributed by atoms with Crippen LogP contribution in [-0.2, 0) is 9.59 Å². The van der Waals surface area contributed by atoms with Gasteiger partial charge in [0.2, 0.25) is 11.8 Å². The fourth-order valence-electron chi connectivity index (χ4n) is 2.46. The van der Waals surface area contributed by atoms with Crippen LogP contribution in [-0.4, -0.2) is 31.8 Å². The fourth-order valence-corrected chi connectivity index (χ4v) is 7.56. The Kier molecular flexibility index (Phi) is 8.07. The highest BCUT2D eigenvalue weighted by Gasteiger charge is 2.29. The van der Waals surface area contributed by atoms with E-state index in [4.69, 9.17) is 0 Å². The number of rotatable bonds is 4. The number of para-hydroxylation sites is 1. The normalized spacial score (nSPS) is 10.4. The molecule has 2 aromatic carbocycles. The number of carbonyl (C=O) groups excluding carboxylic acids is 3. The summed E-state index contributed by atoms with van der Waals surface area (Å²) < 4.78 is 2.04. The lowest BCUT2D eigenvalue weighted by Crippen LogP contribution is -2.31. The molecule has 2 aromatic rings. The van der Waals surface area contributed by atoms with Crippen LogP contribution >= 0.6 is 67.8 Å². The number of nitrogens with zero attached hydrogens (tertiary/aromatic N) is 2. The number of carbonyl (C=O) groups is 3. The summed E-state index contributed by atoms with van der Waals surface area (Å²) in [6.45, 7) is 2.92. The van der Waals surface area contributed by atoms with Gasteiger partial charge in [-0.1, -0.05) is 18.2 Å². The molecule has 2 rings (SSSR count). The molecule has 6 nitrogen and oxygen atoms in total. The van der Waals surface area contributed by atoms with E-state index in [1.165, 1.54) is 23.6 Å². The molecule has 0 heterocycles. The molecule has 0 aliphatic carbocycles. The lowest BCUT2D eigenvalue weighted by Gasteiger charge is -2.27.